The molecule has 1 aliphatic rings. The molecule has 0 bridgehead atoms. The van der Waals surface area contributed by atoms with Gasteiger partial charge in [0.15, 0.2) is 0 Å². The van der Waals surface area contributed by atoms with Gasteiger partial charge in [-0.2, -0.15) is 0 Å². The molecular weight excluding hydrogens is 256 g/mol. The van der Waals surface area contributed by atoms with Crippen LogP contribution in [0.4, 0.5) is 5.82 Å². The van der Waals surface area contributed by atoms with Crippen LogP contribution in [0.2, 0.25) is 0 Å². The highest BCUT2D eigenvalue weighted by atomic mass is 79.9. The highest BCUT2D eigenvalue weighted by Crippen LogP contribution is 2.21. The minimum Gasteiger partial charge on any atom is -0.357 e. The fourth-order valence-electron chi connectivity index (χ4n) is 1.42. The molecule has 1 fully saturated rings. The average molecular weight is 271 g/mol. The van der Waals surface area contributed by atoms with E-state index >= 15 is 0 Å². The maximum Gasteiger partial charge on any atom is 0.146 e. The Balaban J connectivity index is 1.83. The zero-order valence-corrected chi connectivity index (χ0v) is 10.4. The Morgan fingerprint density at radius 3 is 3.07 bits per heavy atom. The number of likely N-dealkylation sites (N-methyl/N-ethyl adjacent to an activating group) is 1. The van der Waals surface area contributed by atoms with Crippen LogP contribution in [0, 0.1) is 0 Å². The molecular formula is C10H15BrN4. The van der Waals surface area contributed by atoms with Crippen molar-refractivity contribution in [1.82, 2.24) is 15.3 Å². The molecule has 1 saturated carbocycles. The molecule has 0 amide bonds. The minimum absolute atomic E-state index is 0.771. The second-order valence-electron chi connectivity index (χ2n) is 3.84. The van der Waals surface area contributed by atoms with Crippen molar-refractivity contribution in [1.29, 1.82) is 0 Å². The number of aromatic nitrogens is 2. The maximum absolute atomic E-state index is 4.23. The number of hydrogen-bond acceptors (Lipinski definition) is 4. The van der Waals surface area contributed by atoms with Crippen molar-refractivity contribution >= 4 is 21.7 Å². The normalized spacial score (nSPS) is 15.3. The summed E-state index contributed by atoms with van der Waals surface area (Å²) in [4.78, 5) is 10.3. The SMILES string of the molecule is CN(CCNC1CC1)c1ncncc1Br. The lowest BCUT2D eigenvalue weighted by Crippen LogP contribution is -2.30. The van der Waals surface area contributed by atoms with E-state index in [0.717, 1.165) is 29.4 Å². The Hall–Kier alpha value is -0.680. The van der Waals surface area contributed by atoms with Crippen LogP contribution in [0.5, 0.6) is 0 Å². The predicted molar refractivity (Wildman–Crippen MR) is 64.0 cm³/mol. The van der Waals surface area contributed by atoms with Gasteiger partial charge in [0, 0.05) is 32.4 Å². The van der Waals surface area contributed by atoms with Gasteiger partial charge in [0.05, 0.1) is 4.47 Å². The molecule has 0 saturated heterocycles. The number of hydrogen-bond donors (Lipinski definition) is 1. The van der Waals surface area contributed by atoms with E-state index in [0.29, 0.717) is 0 Å². The van der Waals surface area contributed by atoms with Crippen LogP contribution in [0.3, 0.4) is 0 Å². The van der Waals surface area contributed by atoms with Gasteiger partial charge >= 0.3 is 0 Å². The van der Waals surface area contributed by atoms with E-state index < -0.39 is 0 Å². The van der Waals surface area contributed by atoms with Gasteiger partial charge in [0.2, 0.25) is 0 Å². The van der Waals surface area contributed by atoms with E-state index in [1.807, 2.05) is 7.05 Å². The summed E-state index contributed by atoms with van der Waals surface area (Å²) in [5.41, 5.74) is 0. The first-order valence-electron chi connectivity index (χ1n) is 5.17. The molecule has 82 valence electrons. The fraction of sp³-hybridized carbons (Fsp3) is 0.600. The van der Waals surface area contributed by atoms with Crippen LogP contribution in [0.1, 0.15) is 12.8 Å². The summed E-state index contributed by atoms with van der Waals surface area (Å²) in [5.74, 6) is 0.947. The van der Waals surface area contributed by atoms with E-state index in [2.05, 4.69) is 36.1 Å². The minimum atomic E-state index is 0.771. The van der Waals surface area contributed by atoms with Gasteiger partial charge in [-0.3, -0.25) is 0 Å². The molecule has 1 aliphatic carbocycles. The quantitative estimate of drug-likeness (QED) is 0.879. The van der Waals surface area contributed by atoms with E-state index in [-0.39, 0.29) is 0 Å². The molecule has 0 aromatic carbocycles. The highest BCUT2D eigenvalue weighted by molar-refractivity contribution is 9.10. The molecule has 0 aliphatic heterocycles. The molecule has 4 nitrogen and oxygen atoms in total. The van der Waals surface area contributed by atoms with Gasteiger partial charge < -0.3 is 10.2 Å². The van der Waals surface area contributed by atoms with Crippen LogP contribution < -0.4 is 10.2 Å². The lowest BCUT2D eigenvalue weighted by molar-refractivity contribution is 0.672. The van der Waals surface area contributed by atoms with Crippen molar-refractivity contribution in [2.75, 3.05) is 25.0 Å². The van der Waals surface area contributed by atoms with Crippen LogP contribution in [0.15, 0.2) is 17.0 Å². The van der Waals surface area contributed by atoms with Crippen molar-refractivity contribution < 1.29 is 0 Å². The van der Waals surface area contributed by atoms with Crippen molar-refractivity contribution in [3.05, 3.63) is 17.0 Å². The van der Waals surface area contributed by atoms with Crippen molar-refractivity contribution in [3.63, 3.8) is 0 Å². The van der Waals surface area contributed by atoms with Gasteiger partial charge in [0.1, 0.15) is 12.1 Å². The molecule has 1 aromatic heterocycles. The Labute approximate surface area is 98.2 Å². The monoisotopic (exact) mass is 270 g/mol. The van der Waals surface area contributed by atoms with E-state index in [1.165, 1.54) is 12.8 Å². The van der Waals surface area contributed by atoms with Crippen LogP contribution >= 0.6 is 15.9 Å². The largest absolute Gasteiger partial charge is 0.357 e. The van der Waals surface area contributed by atoms with Crippen molar-refractivity contribution in [2.24, 2.45) is 0 Å². The van der Waals surface area contributed by atoms with Crippen LogP contribution in [-0.4, -0.2) is 36.1 Å². The molecule has 0 spiro atoms. The molecule has 0 radical (unpaired) electrons. The molecule has 2 rings (SSSR count). The zero-order chi connectivity index (χ0) is 10.7. The zero-order valence-electron chi connectivity index (χ0n) is 8.78. The smallest absolute Gasteiger partial charge is 0.146 e. The summed E-state index contributed by atoms with van der Waals surface area (Å²) in [5, 5.41) is 3.48. The van der Waals surface area contributed by atoms with Gasteiger partial charge in [-0.05, 0) is 28.8 Å². The third-order valence-electron chi connectivity index (χ3n) is 2.47. The summed E-state index contributed by atoms with van der Waals surface area (Å²) in [7, 11) is 2.04. The topological polar surface area (TPSA) is 41.0 Å². The van der Waals surface area contributed by atoms with Crippen LogP contribution in [0.25, 0.3) is 0 Å². The van der Waals surface area contributed by atoms with E-state index in [9.17, 15) is 0 Å². The molecule has 5 heteroatoms. The first-order valence-corrected chi connectivity index (χ1v) is 5.96. The molecule has 1 N–H and O–H groups in total. The van der Waals surface area contributed by atoms with Crippen LogP contribution in [-0.2, 0) is 0 Å². The summed E-state index contributed by atoms with van der Waals surface area (Å²) in [6.45, 7) is 1.98. The van der Waals surface area contributed by atoms with Crippen molar-refractivity contribution in [2.45, 2.75) is 18.9 Å². The average Bonchev–Trinajstić information content (AvgIpc) is 3.02. The number of anilines is 1. The first-order chi connectivity index (χ1) is 7.27. The van der Waals surface area contributed by atoms with E-state index in [1.54, 1.807) is 12.5 Å². The fourth-order valence-corrected chi connectivity index (χ4v) is 1.94. The summed E-state index contributed by atoms with van der Waals surface area (Å²) >= 11 is 3.44. The second-order valence-corrected chi connectivity index (χ2v) is 4.70. The molecule has 15 heavy (non-hydrogen) atoms. The van der Waals surface area contributed by atoms with Gasteiger partial charge in [-0.25, -0.2) is 9.97 Å². The number of halogens is 1. The standard InChI is InChI=1S/C10H15BrN4/c1-15(5-4-13-8-2-3-8)10-9(11)6-12-7-14-10/h6-8,13H,2-5H2,1H3. The Morgan fingerprint density at radius 2 is 2.40 bits per heavy atom. The number of nitrogens with zero attached hydrogens (tertiary/aromatic N) is 3. The molecule has 1 heterocycles. The maximum atomic E-state index is 4.23. The second kappa shape index (κ2) is 4.90. The molecule has 0 unspecified atom stereocenters. The summed E-state index contributed by atoms with van der Waals surface area (Å²) < 4.78 is 0.943. The Morgan fingerprint density at radius 1 is 1.60 bits per heavy atom. The predicted octanol–water partition coefficient (Wildman–Crippen LogP) is 1.43. The number of nitrogens with one attached hydrogen (secondary N) is 1. The van der Waals surface area contributed by atoms with E-state index in [4.69, 9.17) is 0 Å². The summed E-state index contributed by atoms with van der Waals surface area (Å²) in [6, 6.07) is 0.771. The van der Waals surface area contributed by atoms with Gasteiger partial charge in [-0.1, -0.05) is 0 Å². The Bertz CT molecular complexity index is 327. The number of rotatable bonds is 5. The highest BCUT2D eigenvalue weighted by Gasteiger charge is 2.20. The third kappa shape index (κ3) is 3.14. The lowest BCUT2D eigenvalue weighted by Gasteiger charge is -2.19. The van der Waals surface area contributed by atoms with Gasteiger partial charge in [-0.15, -0.1) is 0 Å². The summed E-state index contributed by atoms with van der Waals surface area (Å²) in [6.07, 6.45) is 6.01. The van der Waals surface area contributed by atoms with Crippen molar-refractivity contribution in [3.8, 4) is 0 Å². The third-order valence-corrected chi connectivity index (χ3v) is 3.03. The first kappa shape index (κ1) is 10.8. The lowest BCUT2D eigenvalue weighted by atomic mass is 10.4. The van der Waals surface area contributed by atoms with Gasteiger partial charge in [0.25, 0.3) is 0 Å². The Kier molecular flexibility index (Phi) is 3.53. The molecule has 0 atom stereocenters. The molecule has 1 aromatic rings.